The summed E-state index contributed by atoms with van der Waals surface area (Å²) < 4.78 is 17.8. The van der Waals surface area contributed by atoms with Crippen LogP contribution in [-0.4, -0.2) is 55.0 Å². The monoisotopic (exact) mass is 372 g/mol. The molecule has 1 N–H and O–H groups in total. The summed E-state index contributed by atoms with van der Waals surface area (Å²) in [5, 5.41) is 10.7. The van der Waals surface area contributed by atoms with Gasteiger partial charge in [0.05, 0.1) is 11.0 Å². The summed E-state index contributed by atoms with van der Waals surface area (Å²) in [6.45, 7) is 9.42. The largest absolute Gasteiger partial charge is 0.491 e. The quantitative estimate of drug-likeness (QED) is 0.505. The molecule has 0 spiro atoms. The van der Waals surface area contributed by atoms with Gasteiger partial charge in [0.25, 0.3) is 0 Å². The molecule has 1 heterocycles. The molecule has 0 amide bonds. The summed E-state index contributed by atoms with van der Waals surface area (Å²) in [4.78, 5) is 6.73. The molecular weight excluding hydrogens is 343 g/mol. The molecule has 0 aromatic carbocycles. The summed E-state index contributed by atoms with van der Waals surface area (Å²) in [7, 11) is 4.01. The summed E-state index contributed by atoms with van der Waals surface area (Å²) in [5.41, 5.74) is 1.71. The minimum absolute atomic E-state index is 0.117. The van der Waals surface area contributed by atoms with Gasteiger partial charge in [-0.25, -0.2) is 9.37 Å². The lowest BCUT2D eigenvalue weighted by molar-refractivity contribution is 0.0589. The van der Waals surface area contributed by atoms with Crippen molar-refractivity contribution in [3.05, 3.63) is 71.1 Å². The van der Waals surface area contributed by atoms with Crippen LogP contribution in [0.25, 0.3) is 18.2 Å². The van der Waals surface area contributed by atoms with Crippen molar-refractivity contribution in [3.8, 4) is 0 Å². The Kier molecular flexibility index (Phi) is 10.0. The fourth-order valence-electron chi connectivity index (χ4n) is 2.11. The van der Waals surface area contributed by atoms with Crippen LogP contribution < -0.4 is 10.6 Å². The van der Waals surface area contributed by atoms with Crippen LogP contribution in [0.1, 0.15) is 12.6 Å². The molecule has 4 nitrogen and oxygen atoms in total. The molecule has 0 aliphatic heterocycles. The molecule has 0 saturated carbocycles. The number of likely N-dealkylation sites (N-methyl/N-ethyl adjacent to an activating group) is 1. The lowest BCUT2D eigenvalue weighted by atomic mass is 10.1. The fourth-order valence-corrected chi connectivity index (χ4v) is 2.11. The number of aromatic nitrogens is 1. The van der Waals surface area contributed by atoms with E-state index in [0.717, 1.165) is 23.0 Å². The molecule has 1 unspecified atom stereocenters. The summed E-state index contributed by atoms with van der Waals surface area (Å²) in [6.07, 6.45) is 9.99. The topological polar surface area (TPSA) is 45.6 Å². The van der Waals surface area contributed by atoms with Crippen LogP contribution in [-0.2, 0) is 4.74 Å². The van der Waals surface area contributed by atoms with E-state index in [2.05, 4.69) is 29.1 Å². The van der Waals surface area contributed by atoms with Crippen molar-refractivity contribution in [1.29, 1.82) is 0 Å². The van der Waals surface area contributed by atoms with Gasteiger partial charge in [-0.15, -0.1) is 0 Å². The first-order valence-corrected chi connectivity index (χ1v) is 8.76. The molecule has 0 aliphatic carbocycles. The van der Waals surface area contributed by atoms with Crippen LogP contribution in [0.2, 0.25) is 0 Å². The summed E-state index contributed by atoms with van der Waals surface area (Å²) in [6, 6.07) is 3.78. The lowest BCUT2D eigenvalue weighted by Gasteiger charge is -2.09. The molecule has 5 heteroatoms. The highest BCUT2D eigenvalue weighted by atomic mass is 19.1. The van der Waals surface area contributed by atoms with E-state index < -0.39 is 12.8 Å². The van der Waals surface area contributed by atoms with Gasteiger partial charge in [0, 0.05) is 12.6 Å². The van der Waals surface area contributed by atoms with Crippen LogP contribution in [0.4, 0.5) is 4.39 Å². The zero-order valence-electron chi connectivity index (χ0n) is 16.4. The van der Waals surface area contributed by atoms with E-state index in [1.54, 1.807) is 25.2 Å². The van der Waals surface area contributed by atoms with Gasteiger partial charge in [-0.05, 0) is 44.0 Å². The maximum atomic E-state index is 12.4. The second kappa shape index (κ2) is 12.0. The van der Waals surface area contributed by atoms with Gasteiger partial charge < -0.3 is 14.7 Å². The number of rotatable bonds is 10. The van der Waals surface area contributed by atoms with Gasteiger partial charge in [-0.3, -0.25) is 0 Å². The number of aliphatic hydroxyl groups is 1. The molecule has 1 atom stereocenters. The van der Waals surface area contributed by atoms with E-state index in [0.29, 0.717) is 11.1 Å². The van der Waals surface area contributed by atoms with Crippen molar-refractivity contribution in [3.63, 3.8) is 0 Å². The van der Waals surface area contributed by atoms with Gasteiger partial charge in [0.15, 0.2) is 0 Å². The van der Waals surface area contributed by atoms with Gasteiger partial charge in [0.1, 0.15) is 25.1 Å². The molecule has 146 valence electrons. The minimum atomic E-state index is -1.14. The normalized spacial score (nSPS) is 14.8. The van der Waals surface area contributed by atoms with Crippen LogP contribution in [0.3, 0.4) is 0 Å². The molecule has 0 bridgehead atoms. The number of ether oxygens (including phenoxy) is 1. The number of hydrogen-bond acceptors (Lipinski definition) is 4. The van der Waals surface area contributed by atoms with Crippen molar-refractivity contribution in [2.45, 2.75) is 13.0 Å². The third-order valence-corrected chi connectivity index (χ3v) is 3.56. The molecule has 27 heavy (non-hydrogen) atoms. The Balaban J connectivity index is 3.20. The summed E-state index contributed by atoms with van der Waals surface area (Å²) >= 11 is 0. The fraction of sp³-hybridized carbons (Fsp3) is 0.318. The van der Waals surface area contributed by atoms with E-state index in [-0.39, 0.29) is 6.61 Å². The number of halogens is 1. The van der Waals surface area contributed by atoms with Crippen molar-refractivity contribution in [2.75, 3.05) is 33.9 Å². The third-order valence-electron chi connectivity index (χ3n) is 3.56. The van der Waals surface area contributed by atoms with Crippen LogP contribution in [0.5, 0.6) is 0 Å². The Morgan fingerprint density at radius 1 is 1.41 bits per heavy atom. The van der Waals surface area contributed by atoms with Crippen molar-refractivity contribution < 1.29 is 14.2 Å². The molecule has 0 aliphatic rings. The van der Waals surface area contributed by atoms with E-state index in [1.165, 1.54) is 0 Å². The second-order valence-electron chi connectivity index (χ2n) is 6.22. The first kappa shape index (κ1) is 22.5. The minimum Gasteiger partial charge on any atom is -0.491 e. The first-order valence-electron chi connectivity index (χ1n) is 8.76. The average Bonchev–Trinajstić information content (AvgIpc) is 2.65. The van der Waals surface area contributed by atoms with E-state index >= 15 is 0 Å². The Bertz CT molecular complexity index is 810. The Morgan fingerprint density at radius 3 is 2.74 bits per heavy atom. The predicted octanol–water partition coefficient (Wildman–Crippen LogP) is 2.21. The van der Waals surface area contributed by atoms with Crippen LogP contribution in [0, 0.1) is 0 Å². The van der Waals surface area contributed by atoms with Crippen molar-refractivity contribution in [2.24, 2.45) is 0 Å². The molecule has 1 rings (SSSR count). The number of alkyl halides is 1. The zero-order valence-corrected chi connectivity index (χ0v) is 16.4. The smallest absolute Gasteiger partial charge is 0.119 e. The van der Waals surface area contributed by atoms with Crippen molar-refractivity contribution >= 4 is 18.2 Å². The molecule has 1 aromatic heterocycles. The van der Waals surface area contributed by atoms with E-state index in [1.807, 2.05) is 38.4 Å². The zero-order chi connectivity index (χ0) is 20.2. The van der Waals surface area contributed by atoms with Gasteiger partial charge in [-0.2, -0.15) is 0 Å². The van der Waals surface area contributed by atoms with Gasteiger partial charge in [-0.1, -0.05) is 43.5 Å². The van der Waals surface area contributed by atoms with E-state index in [4.69, 9.17) is 4.74 Å². The number of hydrogen-bond donors (Lipinski definition) is 1. The molecule has 0 fully saturated rings. The van der Waals surface area contributed by atoms with Crippen molar-refractivity contribution in [1.82, 2.24) is 9.88 Å². The Labute approximate surface area is 161 Å². The molecule has 0 saturated heterocycles. The maximum absolute atomic E-state index is 12.4. The second-order valence-corrected chi connectivity index (χ2v) is 6.22. The highest BCUT2D eigenvalue weighted by molar-refractivity contribution is 5.72. The number of pyridine rings is 1. The standard InChI is InChI=1S/C22H29FN2O2/c1-6-9-18(10-8-13-25(4)5)21-12-11-17(3)22(24-21)14-20(7-2)27-16-19(26)15-23/h6-12,14,19,26H,1,3,13,15-16H2,2,4-5H3/b10-8-,18-9+,20-7+,22-14+. The lowest BCUT2D eigenvalue weighted by Crippen LogP contribution is -2.28. The Morgan fingerprint density at radius 2 is 2.15 bits per heavy atom. The third kappa shape index (κ3) is 8.15. The highest BCUT2D eigenvalue weighted by Crippen LogP contribution is 2.11. The SMILES string of the molecule is C=C/C=C(\C=C/CN(C)C)c1ccc(=C)/c(=C\C(=C/C)OCC(O)CF)n1. The van der Waals surface area contributed by atoms with Crippen LogP contribution in [0.15, 0.2) is 54.9 Å². The van der Waals surface area contributed by atoms with Gasteiger partial charge in [0.2, 0.25) is 0 Å². The number of allylic oxidation sites excluding steroid dienone is 6. The number of nitrogens with zero attached hydrogens (tertiary/aromatic N) is 2. The first-order chi connectivity index (χ1) is 12.9. The summed E-state index contributed by atoms with van der Waals surface area (Å²) in [5.74, 6) is 0.495. The van der Waals surface area contributed by atoms with Crippen LogP contribution >= 0.6 is 0 Å². The van der Waals surface area contributed by atoms with Gasteiger partial charge >= 0.3 is 0 Å². The number of aliphatic hydroxyl groups excluding tert-OH is 1. The average molecular weight is 372 g/mol. The van der Waals surface area contributed by atoms with E-state index in [9.17, 15) is 9.50 Å². The highest BCUT2D eigenvalue weighted by Gasteiger charge is 2.05. The molecule has 0 radical (unpaired) electrons. The molecule has 1 aromatic rings. The Hall–Kier alpha value is -2.50. The molecular formula is C22H29FN2O2. The maximum Gasteiger partial charge on any atom is 0.119 e. The predicted molar refractivity (Wildman–Crippen MR) is 111 cm³/mol.